The number of amides is 2. The number of rotatable bonds is 15. The van der Waals surface area contributed by atoms with Crippen molar-refractivity contribution in [3.63, 3.8) is 0 Å². The molecule has 0 unspecified atom stereocenters. The van der Waals surface area contributed by atoms with Crippen LogP contribution in [0.5, 0.6) is 5.75 Å². The second-order valence-electron chi connectivity index (χ2n) is 11.5. The van der Waals surface area contributed by atoms with E-state index in [1.807, 2.05) is 86.3 Å². The van der Waals surface area contributed by atoms with Gasteiger partial charge in [0, 0.05) is 36.3 Å². The van der Waals surface area contributed by atoms with Crippen LogP contribution in [0.2, 0.25) is 0 Å². The second-order valence-corrected chi connectivity index (χ2v) is 11.5. The highest BCUT2D eigenvalue weighted by Gasteiger charge is 2.27. The fourth-order valence-electron chi connectivity index (χ4n) is 5.09. The first kappa shape index (κ1) is 32.8. The van der Waals surface area contributed by atoms with Gasteiger partial charge in [-0.2, -0.15) is 0 Å². The minimum atomic E-state index is -0.880. The summed E-state index contributed by atoms with van der Waals surface area (Å²) in [7, 11) is 1.64. The van der Waals surface area contributed by atoms with Crippen LogP contribution >= 0.6 is 0 Å². The highest BCUT2D eigenvalue weighted by molar-refractivity contribution is 6.00. The molecule has 226 valence electrons. The topological polar surface area (TPSA) is 90.9 Å². The lowest BCUT2D eigenvalue weighted by molar-refractivity contribution is 0.0755. The third-order valence-electron chi connectivity index (χ3n) is 7.48. The number of nitrogens with one attached hydrogen (secondary N) is 2. The molecule has 0 aromatic heterocycles. The molecule has 0 spiro atoms. The van der Waals surface area contributed by atoms with E-state index in [-0.39, 0.29) is 18.4 Å². The maximum atomic E-state index is 13.6. The van der Waals surface area contributed by atoms with Gasteiger partial charge >= 0.3 is 0 Å². The van der Waals surface area contributed by atoms with Crippen LogP contribution in [0.15, 0.2) is 72.8 Å². The van der Waals surface area contributed by atoms with E-state index in [1.165, 1.54) is 0 Å². The molecular weight excluding hydrogens is 526 g/mol. The van der Waals surface area contributed by atoms with Crippen molar-refractivity contribution in [2.45, 2.75) is 71.6 Å². The van der Waals surface area contributed by atoms with Crippen molar-refractivity contribution < 1.29 is 19.4 Å². The number of carbonyl (C=O) groups is 2. The normalized spacial score (nSPS) is 12.8. The molecule has 3 rings (SSSR count). The maximum absolute atomic E-state index is 13.6. The van der Waals surface area contributed by atoms with Gasteiger partial charge in [0.25, 0.3) is 11.8 Å². The lowest BCUT2D eigenvalue weighted by Crippen LogP contribution is -2.51. The molecule has 0 heterocycles. The first-order valence-electron chi connectivity index (χ1n) is 14.9. The zero-order valence-corrected chi connectivity index (χ0v) is 25.9. The number of benzene rings is 3. The average molecular weight is 574 g/mol. The van der Waals surface area contributed by atoms with Crippen LogP contribution in [0.3, 0.4) is 0 Å². The Bertz CT molecular complexity index is 1300. The van der Waals surface area contributed by atoms with Crippen LogP contribution in [0.25, 0.3) is 0 Å². The molecule has 0 bridgehead atoms. The number of methoxy groups -OCH3 is 1. The molecule has 0 saturated heterocycles. The zero-order chi connectivity index (χ0) is 30.7. The van der Waals surface area contributed by atoms with Crippen LogP contribution in [0.4, 0.5) is 0 Å². The average Bonchev–Trinajstić information content (AvgIpc) is 2.99. The Morgan fingerprint density at radius 3 is 2.24 bits per heavy atom. The van der Waals surface area contributed by atoms with Crippen molar-refractivity contribution in [1.82, 2.24) is 15.5 Å². The highest BCUT2D eigenvalue weighted by atomic mass is 16.5. The maximum Gasteiger partial charge on any atom is 0.253 e. The summed E-state index contributed by atoms with van der Waals surface area (Å²) in [4.78, 5) is 28.7. The fourth-order valence-corrected chi connectivity index (χ4v) is 5.09. The lowest BCUT2D eigenvalue weighted by Gasteiger charge is -2.31. The summed E-state index contributed by atoms with van der Waals surface area (Å²) >= 11 is 0. The summed E-state index contributed by atoms with van der Waals surface area (Å²) in [6, 6.07) is 22.4. The van der Waals surface area contributed by atoms with Gasteiger partial charge in [0.1, 0.15) is 5.75 Å². The minimum Gasteiger partial charge on any atom is -0.497 e. The molecule has 0 aliphatic heterocycles. The molecule has 0 radical (unpaired) electrons. The van der Waals surface area contributed by atoms with E-state index >= 15 is 0 Å². The second kappa shape index (κ2) is 15.5. The highest BCUT2D eigenvalue weighted by Crippen LogP contribution is 2.24. The van der Waals surface area contributed by atoms with Gasteiger partial charge in [-0.05, 0) is 87.1 Å². The largest absolute Gasteiger partial charge is 0.497 e. The summed E-state index contributed by atoms with van der Waals surface area (Å²) in [5, 5.41) is 17.9. The SMILES string of the molecule is CCCN(CCC)C(=O)c1cc(C)cc(C(=O)N[C@@H](Cc2ccccc2)[C@H](O)CNC(C)(C)c2cccc(OC)c2)c1. The van der Waals surface area contributed by atoms with Gasteiger partial charge in [-0.1, -0.05) is 56.3 Å². The van der Waals surface area contributed by atoms with Crippen molar-refractivity contribution >= 4 is 11.8 Å². The van der Waals surface area contributed by atoms with Gasteiger partial charge in [-0.3, -0.25) is 9.59 Å². The molecule has 2 atom stereocenters. The molecule has 7 nitrogen and oxygen atoms in total. The molecule has 42 heavy (non-hydrogen) atoms. The molecule has 3 aromatic rings. The monoisotopic (exact) mass is 573 g/mol. The molecule has 0 aliphatic carbocycles. The molecule has 0 aliphatic rings. The summed E-state index contributed by atoms with van der Waals surface area (Å²) in [5.41, 5.74) is 3.32. The molecule has 0 fully saturated rings. The van der Waals surface area contributed by atoms with E-state index in [0.717, 1.165) is 35.3 Å². The Morgan fingerprint density at radius 2 is 1.60 bits per heavy atom. The van der Waals surface area contributed by atoms with Crippen LogP contribution in [0, 0.1) is 6.92 Å². The van der Waals surface area contributed by atoms with E-state index in [9.17, 15) is 14.7 Å². The number of aliphatic hydroxyl groups is 1. The van der Waals surface area contributed by atoms with Gasteiger partial charge < -0.3 is 25.4 Å². The van der Waals surface area contributed by atoms with Crippen molar-refractivity contribution in [1.29, 1.82) is 0 Å². The summed E-state index contributed by atoms with van der Waals surface area (Å²) in [6.07, 6.45) is 1.31. The first-order valence-corrected chi connectivity index (χ1v) is 14.9. The van der Waals surface area contributed by atoms with Gasteiger partial charge in [0.05, 0.1) is 19.3 Å². The van der Waals surface area contributed by atoms with E-state index in [0.29, 0.717) is 30.6 Å². The van der Waals surface area contributed by atoms with E-state index in [1.54, 1.807) is 19.2 Å². The number of carbonyl (C=O) groups excluding carboxylic acids is 2. The predicted molar refractivity (Wildman–Crippen MR) is 169 cm³/mol. The van der Waals surface area contributed by atoms with Gasteiger partial charge in [-0.15, -0.1) is 0 Å². The summed E-state index contributed by atoms with van der Waals surface area (Å²) in [5.74, 6) is 0.374. The number of hydrogen-bond donors (Lipinski definition) is 3. The molecule has 7 heteroatoms. The van der Waals surface area contributed by atoms with Gasteiger partial charge in [0.2, 0.25) is 0 Å². The Morgan fingerprint density at radius 1 is 0.929 bits per heavy atom. The van der Waals surface area contributed by atoms with E-state index in [4.69, 9.17) is 4.74 Å². The predicted octanol–water partition coefficient (Wildman–Crippen LogP) is 5.49. The summed E-state index contributed by atoms with van der Waals surface area (Å²) < 4.78 is 5.39. The van der Waals surface area contributed by atoms with Crippen LogP contribution in [0.1, 0.15) is 77.9 Å². The van der Waals surface area contributed by atoms with Crippen LogP contribution < -0.4 is 15.4 Å². The van der Waals surface area contributed by atoms with Crippen LogP contribution in [-0.2, 0) is 12.0 Å². The number of nitrogens with zero attached hydrogens (tertiary/aromatic N) is 1. The standard InChI is InChI=1S/C35H47N3O4/c1-7-17-38(18-8-2)34(41)28-20-25(3)19-27(22-28)33(40)37-31(21-26-13-10-9-11-14-26)32(39)24-36-35(4,5)29-15-12-16-30(23-29)42-6/h9-16,19-20,22-23,31-32,36,39H,7-8,17-18,21,24H2,1-6H3,(H,37,40)/t31-,32+/m0/s1. The third-order valence-corrected chi connectivity index (χ3v) is 7.48. The number of aryl methyl sites for hydroxylation is 1. The van der Waals surface area contributed by atoms with Gasteiger partial charge in [-0.25, -0.2) is 0 Å². The number of ether oxygens (including phenoxy) is 1. The molecule has 2 amide bonds. The number of aliphatic hydroxyl groups excluding tert-OH is 1. The summed E-state index contributed by atoms with van der Waals surface area (Å²) in [6.45, 7) is 11.7. The van der Waals surface area contributed by atoms with E-state index in [2.05, 4.69) is 24.5 Å². The first-order chi connectivity index (χ1) is 20.1. The molecular formula is C35H47N3O4. The molecule has 3 aromatic carbocycles. The van der Waals surface area contributed by atoms with Crippen molar-refractivity contribution in [3.05, 3.63) is 101 Å². The Labute approximate surface area is 251 Å². The smallest absolute Gasteiger partial charge is 0.253 e. The van der Waals surface area contributed by atoms with Gasteiger partial charge in [0.15, 0.2) is 0 Å². The lowest BCUT2D eigenvalue weighted by atomic mass is 9.93. The molecule has 3 N–H and O–H groups in total. The van der Waals surface area contributed by atoms with Crippen LogP contribution in [-0.4, -0.2) is 60.7 Å². The zero-order valence-electron chi connectivity index (χ0n) is 25.9. The Balaban J connectivity index is 1.81. The van der Waals surface area contributed by atoms with Crippen molar-refractivity contribution in [2.75, 3.05) is 26.7 Å². The fraction of sp³-hybridized carbons (Fsp3) is 0.429. The Hall–Kier alpha value is -3.68. The van der Waals surface area contributed by atoms with Crippen molar-refractivity contribution in [3.8, 4) is 5.75 Å². The van der Waals surface area contributed by atoms with Crippen molar-refractivity contribution in [2.24, 2.45) is 0 Å². The van der Waals surface area contributed by atoms with E-state index < -0.39 is 17.7 Å². The quantitative estimate of drug-likeness (QED) is 0.224. The minimum absolute atomic E-state index is 0.0682. The number of hydrogen-bond acceptors (Lipinski definition) is 5. The Kier molecular flexibility index (Phi) is 12.1. The third kappa shape index (κ3) is 9.16. The molecule has 0 saturated carbocycles.